The van der Waals surface area contributed by atoms with E-state index in [1.807, 2.05) is 0 Å². The van der Waals surface area contributed by atoms with E-state index in [9.17, 15) is 0 Å². The fraction of sp³-hybridized carbons (Fsp3) is 1.00. The molecule has 0 aromatic heterocycles. The SMILES string of the molecule is CCCCC(C)C(CCC)CC(C)(C)CC. The summed E-state index contributed by atoms with van der Waals surface area (Å²) >= 11 is 0. The number of hydrogen-bond acceptors (Lipinski definition) is 0. The molecular formula is C16H34. The van der Waals surface area contributed by atoms with Gasteiger partial charge in [-0.2, -0.15) is 0 Å². The summed E-state index contributed by atoms with van der Waals surface area (Å²) in [6.07, 6.45) is 9.69. The van der Waals surface area contributed by atoms with Gasteiger partial charge in [0.1, 0.15) is 0 Å². The summed E-state index contributed by atoms with van der Waals surface area (Å²) in [6.45, 7) is 14.3. The number of unbranched alkanes of at least 4 members (excludes halogenated alkanes) is 1. The summed E-state index contributed by atoms with van der Waals surface area (Å²) in [7, 11) is 0. The molecule has 0 rings (SSSR count). The Balaban J connectivity index is 4.24. The Morgan fingerprint density at radius 2 is 1.56 bits per heavy atom. The normalized spacial score (nSPS) is 16.1. The molecule has 0 aromatic rings. The monoisotopic (exact) mass is 226 g/mol. The van der Waals surface area contributed by atoms with Crippen LogP contribution in [0.25, 0.3) is 0 Å². The van der Waals surface area contributed by atoms with Gasteiger partial charge in [-0.3, -0.25) is 0 Å². The Morgan fingerprint density at radius 1 is 0.938 bits per heavy atom. The Hall–Kier alpha value is 0. The summed E-state index contributed by atoms with van der Waals surface area (Å²) in [5, 5.41) is 0. The first-order valence-electron chi connectivity index (χ1n) is 7.46. The number of rotatable bonds is 9. The Kier molecular flexibility index (Phi) is 8.14. The zero-order chi connectivity index (χ0) is 12.6. The third-order valence-electron chi connectivity index (χ3n) is 4.25. The maximum absolute atomic E-state index is 2.47. The minimum Gasteiger partial charge on any atom is -0.0654 e. The third-order valence-corrected chi connectivity index (χ3v) is 4.25. The van der Waals surface area contributed by atoms with Crippen LogP contribution in [0.5, 0.6) is 0 Å². The average molecular weight is 226 g/mol. The molecule has 0 N–H and O–H groups in total. The van der Waals surface area contributed by atoms with Crippen molar-refractivity contribution in [1.82, 2.24) is 0 Å². The highest BCUT2D eigenvalue weighted by Gasteiger charge is 2.24. The van der Waals surface area contributed by atoms with Crippen LogP contribution >= 0.6 is 0 Å². The minimum absolute atomic E-state index is 0.542. The van der Waals surface area contributed by atoms with Gasteiger partial charge in [-0.05, 0) is 23.7 Å². The van der Waals surface area contributed by atoms with Crippen LogP contribution in [0.1, 0.15) is 86.5 Å². The lowest BCUT2D eigenvalue weighted by Gasteiger charge is -2.32. The topological polar surface area (TPSA) is 0 Å². The van der Waals surface area contributed by atoms with Gasteiger partial charge in [0.25, 0.3) is 0 Å². The first-order valence-corrected chi connectivity index (χ1v) is 7.46. The largest absolute Gasteiger partial charge is 0.0654 e. The van der Waals surface area contributed by atoms with E-state index in [1.54, 1.807) is 0 Å². The average Bonchev–Trinajstić information content (AvgIpc) is 2.25. The molecule has 2 atom stereocenters. The van der Waals surface area contributed by atoms with E-state index in [1.165, 1.54) is 44.9 Å². The Morgan fingerprint density at radius 3 is 2.00 bits per heavy atom. The van der Waals surface area contributed by atoms with Gasteiger partial charge >= 0.3 is 0 Å². The molecule has 0 aliphatic heterocycles. The van der Waals surface area contributed by atoms with E-state index in [0.717, 1.165) is 11.8 Å². The molecule has 0 heterocycles. The number of hydrogen-bond donors (Lipinski definition) is 0. The molecule has 16 heavy (non-hydrogen) atoms. The van der Waals surface area contributed by atoms with Crippen LogP contribution in [-0.2, 0) is 0 Å². The van der Waals surface area contributed by atoms with Crippen LogP contribution in [-0.4, -0.2) is 0 Å². The van der Waals surface area contributed by atoms with Crippen molar-refractivity contribution in [3.63, 3.8) is 0 Å². The molecule has 0 radical (unpaired) electrons. The zero-order valence-electron chi connectivity index (χ0n) is 12.6. The molecule has 2 unspecified atom stereocenters. The van der Waals surface area contributed by atoms with Crippen LogP contribution < -0.4 is 0 Å². The van der Waals surface area contributed by atoms with E-state index >= 15 is 0 Å². The van der Waals surface area contributed by atoms with Crippen molar-refractivity contribution in [2.75, 3.05) is 0 Å². The van der Waals surface area contributed by atoms with Crippen LogP contribution in [0.2, 0.25) is 0 Å². The molecule has 0 aromatic carbocycles. The molecule has 0 aliphatic carbocycles. The van der Waals surface area contributed by atoms with Crippen molar-refractivity contribution in [3.8, 4) is 0 Å². The van der Waals surface area contributed by atoms with Gasteiger partial charge in [0.15, 0.2) is 0 Å². The molecule has 0 fully saturated rings. The zero-order valence-corrected chi connectivity index (χ0v) is 12.6. The van der Waals surface area contributed by atoms with E-state index in [2.05, 4.69) is 41.5 Å². The summed E-state index contributed by atoms with van der Waals surface area (Å²) in [5.74, 6) is 1.87. The van der Waals surface area contributed by atoms with E-state index in [4.69, 9.17) is 0 Å². The van der Waals surface area contributed by atoms with Crippen molar-refractivity contribution in [2.24, 2.45) is 17.3 Å². The molecule has 0 spiro atoms. The highest BCUT2D eigenvalue weighted by atomic mass is 14.3. The molecule has 0 aliphatic rings. The fourth-order valence-electron chi connectivity index (χ4n) is 2.57. The molecule has 0 heteroatoms. The quantitative estimate of drug-likeness (QED) is 0.448. The first-order chi connectivity index (χ1) is 7.46. The maximum Gasteiger partial charge on any atom is -0.0354 e. The standard InChI is InChI=1S/C16H34/c1-7-10-12-14(4)15(11-8-2)13-16(5,6)9-3/h14-15H,7-13H2,1-6H3. The minimum atomic E-state index is 0.542. The van der Waals surface area contributed by atoms with Crippen molar-refractivity contribution < 1.29 is 0 Å². The molecule has 98 valence electrons. The van der Waals surface area contributed by atoms with Crippen LogP contribution in [0.15, 0.2) is 0 Å². The van der Waals surface area contributed by atoms with Crippen molar-refractivity contribution >= 4 is 0 Å². The highest BCUT2D eigenvalue weighted by Crippen LogP contribution is 2.36. The first kappa shape index (κ1) is 16.0. The summed E-state index contributed by atoms with van der Waals surface area (Å²) in [5.41, 5.74) is 0.542. The highest BCUT2D eigenvalue weighted by molar-refractivity contribution is 4.75. The van der Waals surface area contributed by atoms with Crippen LogP contribution in [0.4, 0.5) is 0 Å². The predicted molar refractivity (Wildman–Crippen MR) is 75.8 cm³/mol. The second-order valence-corrected chi connectivity index (χ2v) is 6.39. The lowest BCUT2D eigenvalue weighted by Crippen LogP contribution is -2.21. The second-order valence-electron chi connectivity index (χ2n) is 6.39. The van der Waals surface area contributed by atoms with E-state index < -0.39 is 0 Å². The van der Waals surface area contributed by atoms with Crippen molar-refractivity contribution in [1.29, 1.82) is 0 Å². The van der Waals surface area contributed by atoms with Crippen LogP contribution in [0.3, 0.4) is 0 Å². The second kappa shape index (κ2) is 8.14. The van der Waals surface area contributed by atoms with Gasteiger partial charge in [-0.15, -0.1) is 0 Å². The van der Waals surface area contributed by atoms with E-state index in [-0.39, 0.29) is 0 Å². The molecule has 0 nitrogen and oxygen atoms in total. The predicted octanol–water partition coefficient (Wildman–Crippen LogP) is 6.06. The van der Waals surface area contributed by atoms with Crippen LogP contribution in [0, 0.1) is 17.3 Å². The van der Waals surface area contributed by atoms with Gasteiger partial charge in [0.2, 0.25) is 0 Å². The summed E-state index contributed by atoms with van der Waals surface area (Å²) < 4.78 is 0. The third kappa shape index (κ3) is 6.55. The van der Waals surface area contributed by atoms with Gasteiger partial charge in [-0.1, -0.05) is 80.1 Å². The molecular weight excluding hydrogens is 192 g/mol. The molecule has 0 saturated carbocycles. The molecule has 0 saturated heterocycles. The van der Waals surface area contributed by atoms with Gasteiger partial charge in [0, 0.05) is 0 Å². The Labute approximate surface area is 104 Å². The maximum atomic E-state index is 2.47. The summed E-state index contributed by atoms with van der Waals surface area (Å²) in [6, 6.07) is 0. The van der Waals surface area contributed by atoms with Gasteiger partial charge in [0.05, 0.1) is 0 Å². The lowest BCUT2D eigenvalue weighted by atomic mass is 9.73. The smallest absolute Gasteiger partial charge is 0.0354 e. The fourth-order valence-corrected chi connectivity index (χ4v) is 2.57. The van der Waals surface area contributed by atoms with E-state index in [0.29, 0.717) is 5.41 Å². The van der Waals surface area contributed by atoms with Gasteiger partial charge < -0.3 is 0 Å². The molecule has 0 amide bonds. The lowest BCUT2D eigenvalue weighted by molar-refractivity contribution is 0.190. The molecule has 0 bridgehead atoms. The van der Waals surface area contributed by atoms with Gasteiger partial charge in [-0.25, -0.2) is 0 Å². The Bertz CT molecular complexity index is 157. The van der Waals surface area contributed by atoms with Crippen molar-refractivity contribution in [3.05, 3.63) is 0 Å². The van der Waals surface area contributed by atoms with Crippen molar-refractivity contribution in [2.45, 2.75) is 86.5 Å². The summed E-state index contributed by atoms with van der Waals surface area (Å²) in [4.78, 5) is 0.